The smallest absolute Gasteiger partial charge is 0.0795 e. The van der Waals surface area contributed by atoms with Crippen LogP contribution < -0.4 is 0 Å². The van der Waals surface area contributed by atoms with Gasteiger partial charge in [-0.05, 0) is 11.4 Å². The Labute approximate surface area is 82.3 Å². The molecular formula is C8H11ClN2S. The van der Waals surface area contributed by atoms with E-state index in [0.29, 0.717) is 0 Å². The van der Waals surface area contributed by atoms with E-state index in [4.69, 9.17) is 0 Å². The summed E-state index contributed by atoms with van der Waals surface area (Å²) in [6.45, 7) is 1.06. The fourth-order valence-electron chi connectivity index (χ4n) is 1.19. The molecule has 12 heavy (non-hydrogen) atoms. The summed E-state index contributed by atoms with van der Waals surface area (Å²) in [5.74, 6) is 0. The molecule has 0 unspecified atom stereocenters. The van der Waals surface area contributed by atoms with Crippen molar-refractivity contribution in [1.29, 1.82) is 0 Å². The number of rotatable bonds is 1. The van der Waals surface area contributed by atoms with Crippen LogP contribution in [0, 0.1) is 0 Å². The molecule has 1 aliphatic heterocycles. The molecule has 1 aliphatic rings. The van der Waals surface area contributed by atoms with E-state index in [9.17, 15) is 0 Å². The lowest BCUT2D eigenvalue weighted by molar-refractivity contribution is 0.393. The van der Waals surface area contributed by atoms with Crippen molar-refractivity contribution in [2.45, 2.75) is 6.42 Å². The fraction of sp³-hybridized carbons (Fsp3) is 0.375. The Balaban J connectivity index is 0.000000720. The summed E-state index contributed by atoms with van der Waals surface area (Å²) in [5, 5.41) is 8.48. The molecule has 2 nitrogen and oxygen atoms in total. The lowest BCUT2D eigenvalue weighted by Gasteiger charge is -2.00. The van der Waals surface area contributed by atoms with Crippen molar-refractivity contribution in [1.82, 2.24) is 5.01 Å². The summed E-state index contributed by atoms with van der Waals surface area (Å²) >= 11 is 1.76. The third-order valence-electron chi connectivity index (χ3n) is 1.77. The molecule has 0 atom stereocenters. The maximum atomic E-state index is 4.39. The van der Waals surface area contributed by atoms with Crippen LogP contribution in [0.4, 0.5) is 0 Å². The molecule has 1 aromatic heterocycles. The third-order valence-corrected chi connectivity index (χ3v) is 2.69. The van der Waals surface area contributed by atoms with Gasteiger partial charge in [-0.3, -0.25) is 5.01 Å². The zero-order valence-electron chi connectivity index (χ0n) is 6.86. The molecule has 1 aromatic rings. The van der Waals surface area contributed by atoms with Crippen LogP contribution in [0.25, 0.3) is 0 Å². The molecule has 0 aliphatic carbocycles. The van der Waals surface area contributed by atoms with Crippen LogP contribution in [-0.2, 0) is 0 Å². The summed E-state index contributed by atoms with van der Waals surface area (Å²) in [6.07, 6.45) is 1.09. The molecule has 0 aromatic carbocycles. The Hall–Kier alpha value is -0.540. The monoisotopic (exact) mass is 202 g/mol. The highest BCUT2D eigenvalue weighted by Crippen LogP contribution is 2.16. The average Bonchev–Trinajstić information content (AvgIpc) is 2.55. The largest absolute Gasteiger partial charge is 0.299 e. The Bertz CT molecular complexity index is 269. The SMILES string of the molecule is CN1CCC(c2cccs2)=N1.Cl. The second-order valence-electron chi connectivity index (χ2n) is 2.66. The van der Waals surface area contributed by atoms with Gasteiger partial charge >= 0.3 is 0 Å². The summed E-state index contributed by atoms with van der Waals surface area (Å²) in [7, 11) is 2.01. The molecule has 0 saturated carbocycles. The highest BCUT2D eigenvalue weighted by atomic mass is 35.5. The minimum absolute atomic E-state index is 0. The number of hydrogen-bond donors (Lipinski definition) is 0. The third kappa shape index (κ3) is 1.79. The highest BCUT2D eigenvalue weighted by Gasteiger charge is 2.12. The number of halogens is 1. The van der Waals surface area contributed by atoms with E-state index in [1.54, 1.807) is 11.3 Å². The van der Waals surface area contributed by atoms with Crippen LogP contribution in [0.5, 0.6) is 0 Å². The van der Waals surface area contributed by atoms with E-state index in [2.05, 4.69) is 22.6 Å². The summed E-state index contributed by atoms with van der Waals surface area (Å²) in [4.78, 5) is 1.31. The van der Waals surface area contributed by atoms with Crippen LogP contribution in [0.3, 0.4) is 0 Å². The second-order valence-corrected chi connectivity index (χ2v) is 3.60. The number of hydrazone groups is 1. The van der Waals surface area contributed by atoms with Gasteiger partial charge in [0.15, 0.2) is 0 Å². The van der Waals surface area contributed by atoms with E-state index >= 15 is 0 Å². The quantitative estimate of drug-likeness (QED) is 0.682. The van der Waals surface area contributed by atoms with E-state index in [1.807, 2.05) is 12.1 Å². The van der Waals surface area contributed by atoms with Gasteiger partial charge < -0.3 is 0 Å². The Kier molecular flexibility index (Phi) is 3.12. The second kappa shape index (κ2) is 3.92. The summed E-state index contributed by atoms with van der Waals surface area (Å²) in [5.41, 5.74) is 1.24. The van der Waals surface area contributed by atoms with Crippen molar-refractivity contribution in [3.05, 3.63) is 22.4 Å². The van der Waals surface area contributed by atoms with Gasteiger partial charge in [0.05, 0.1) is 10.6 Å². The van der Waals surface area contributed by atoms with E-state index in [1.165, 1.54) is 10.6 Å². The minimum Gasteiger partial charge on any atom is -0.299 e. The van der Waals surface area contributed by atoms with Crippen LogP contribution >= 0.6 is 23.7 Å². The van der Waals surface area contributed by atoms with Crippen LogP contribution in [0.15, 0.2) is 22.6 Å². The predicted octanol–water partition coefficient (Wildman–Crippen LogP) is 2.21. The summed E-state index contributed by atoms with van der Waals surface area (Å²) < 4.78 is 0. The van der Waals surface area contributed by atoms with Gasteiger partial charge in [-0.1, -0.05) is 6.07 Å². The predicted molar refractivity (Wildman–Crippen MR) is 55.4 cm³/mol. The zero-order valence-corrected chi connectivity index (χ0v) is 8.49. The Morgan fingerprint density at radius 2 is 2.42 bits per heavy atom. The molecular weight excluding hydrogens is 192 g/mol. The first-order valence-corrected chi connectivity index (χ1v) is 4.57. The Morgan fingerprint density at radius 1 is 1.58 bits per heavy atom. The fourth-order valence-corrected chi connectivity index (χ4v) is 1.93. The van der Waals surface area contributed by atoms with Crippen molar-refractivity contribution in [3.8, 4) is 0 Å². The van der Waals surface area contributed by atoms with Gasteiger partial charge in [0.25, 0.3) is 0 Å². The van der Waals surface area contributed by atoms with Crippen molar-refractivity contribution < 1.29 is 0 Å². The highest BCUT2D eigenvalue weighted by molar-refractivity contribution is 7.12. The summed E-state index contributed by atoms with van der Waals surface area (Å²) in [6, 6.07) is 4.20. The zero-order chi connectivity index (χ0) is 7.68. The van der Waals surface area contributed by atoms with Gasteiger partial charge in [0.2, 0.25) is 0 Å². The molecule has 2 heterocycles. The normalized spacial score (nSPS) is 15.8. The molecule has 2 rings (SSSR count). The van der Waals surface area contributed by atoms with Crippen molar-refractivity contribution in [3.63, 3.8) is 0 Å². The van der Waals surface area contributed by atoms with Crippen LogP contribution in [0.2, 0.25) is 0 Å². The van der Waals surface area contributed by atoms with Crippen LogP contribution in [-0.4, -0.2) is 24.3 Å². The number of nitrogens with zero attached hydrogens (tertiary/aromatic N) is 2. The molecule has 0 saturated heterocycles. The van der Waals surface area contributed by atoms with Gasteiger partial charge in [0, 0.05) is 20.0 Å². The van der Waals surface area contributed by atoms with Crippen LogP contribution in [0.1, 0.15) is 11.3 Å². The van der Waals surface area contributed by atoms with E-state index < -0.39 is 0 Å². The molecule has 0 radical (unpaired) electrons. The van der Waals surface area contributed by atoms with E-state index in [0.717, 1.165) is 13.0 Å². The van der Waals surface area contributed by atoms with Gasteiger partial charge in [-0.15, -0.1) is 23.7 Å². The molecule has 0 bridgehead atoms. The maximum absolute atomic E-state index is 4.39. The first-order chi connectivity index (χ1) is 5.36. The number of thiophene rings is 1. The average molecular weight is 203 g/mol. The topological polar surface area (TPSA) is 15.6 Å². The molecule has 0 spiro atoms. The molecule has 4 heteroatoms. The molecule has 0 amide bonds. The van der Waals surface area contributed by atoms with Crippen molar-refractivity contribution in [2.24, 2.45) is 5.10 Å². The number of hydrogen-bond acceptors (Lipinski definition) is 3. The van der Waals surface area contributed by atoms with E-state index in [-0.39, 0.29) is 12.4 Å². The molecule has 66 valence electrons. The molecule has 0 fully saturated rings. The van der Waals surface area contributed by atoms with Crippen molar-refractivity contribution >= 4 is 29.5 Å². The van der Waals surface area contributed by atoms with Crippen molar-refractivity contribution in [2.75, 3.05) is 13.6 Å². The lowest BCUT2D eigenvalue weighted by Crippen LogP contribution is -2.04. The lowest BCUT2D eigenvalue weighted by atomic mass is 10.2. The maximum Gasteiger partial charge on any atom is 0.0795 e. The first-order valence-electron chi connectivity index (χ1n) is 3.69. The van der Waals surface area contributed by atoms with Gasteiger partial charge in [0.1, 0.15) is 0 Å². The Morgan fingerprint density at radius 3 is 2.92 bits per heavy atom. The minimum atomic E-state index is 0. The first kappa shape index (κ1) is 9.55. The molecule has 0 N–H and O–H groups in total. The van der Waals surface area contributed by atoms with Gasteiger partial charge in [-0.25, -0.2) is 0 Å². The van der Waals surface area contributed by atoms with Gasteiger partial charge in [-0.2, -0.15) is 5.10 Å². The standard InChI is InChI=1S/C8H10N2S.ClH/c1-10-5-4-7(9-10)8-3-2-6-11-8;/h2-3,6H,4-5H2,1H3;1H.